The fourth-order valence-electron chi connectivity index (χ4n) is 2.03. The van der Waals surface area contributed by atoms with Gasteiger partial charge in [-0.3, -0.25) is 0 Å². The van der Waals surface area contributed by atoms with Crippen LogP contribution in [0.5, 0.6) is 0 Å². The van der Waals surface area contributed by atoms with Crippen molar-refractivity contribution in [2.45, 2.75) is 11.2 Å². The molecule has 0 spiro atoms. The maximum atomic E-state index is 5.98. The van der Waals surface area contributed by atoms with Gasteiger partial charge in [0.25, 0.3) is 0 Å². The van der Waals surface area contributed by atoms with E-state index >= 15 is 0 Å². The Kier molecular flexibility index (Phi) is 4.46. The molecule has 0 aliphatic heterocycles. The van der Waals surface area contributed by atoms with Crippen molar-refractivity contribution in [1.82, 2.24) is 4.98 Å². The summed E-state index contributed by atoms with van der Waals surface area (Å²) in [6, 6.07) is 14.1. The second kappa shape index (κ2) is 6.14. The third kappa shape index (κ3) is 3.08. The predicted molar refractivity (Wildman–Crippen MR) is 94.1 cm³/mol. The standard InChI is InChI=1S/C15H10Br2ClNS/c16-11-7-9(18)5-6-10(11)12(17)8-15-19-13-3-1-2-4-14(13)20-15/h1-7,12H,8H2. The molecule has 0 N–H and O–H groups in total. The number of alkyl halides is 1. The molecule has 1 nitrogen and oxygen atoms in total. The average molecular weight is 432 g/mol. The fraction of sp³-hybridized carbons (Fsp3) is 0.133. The molecule has 0 bridgehead atoms. The van der Waals surface area contributed by atoms with Crippen LogP contribution in [0.1, 0.15) is 15.4 Å². The molecule has 5 heteroatoms. The van der Waals surface area contributed by atoms with Crippen molar-refractivity contribution >= 4 is 65.0 Å². The van der Waals surface area contributed by atoms with Crippen molar-refractivity contribution in [2.75, 3.05) is 0 Å². The van der Waals surface area contributed by atoms with Crippen molar-refractivity contribution < 1.29 is 0 Å². The van der Waals surface area contributed by atoms with Gasteiger partial charge in [-0.1, -0.05) is 61.7 Å². The van der Waals surface area contributed by atoms with Gasteiger partial charge in [-0.2, -0.15) is 0 Å². The highest BCUT2D eigenvalue weighted by Crippen LogP contribution is 2.35. The SMILES string of the molecule is Clc1ccc(C(Br)Cc2nc3ccccc3s2)c(Br)c1. The minimum atomic E-state index is 0.217. The monoisotopic (exact) mass is 429 g/mol. The molecule has 3 rings (SSSR count). The Hall–Kier alpha value is -0.420. The van der Waals surface area contributed by atoms with Crippen molar-refractivity contribution in [2.24, 2.45) is 0 Å². The van der Waals surface area contributed by atoms with E-state index in [0.29, 0.717) is 0 Å². The first-order chi connectivity index (χ1) is 9.63. The largest absolute Gasteiger partial charge is 0.241 e. The van der Waals surface area contributed by atoms with E-state index in [0.717, 1.165) is 26.4 Å². The van der Waals surface area contributed by atoms with E-state index in [1.807, 2.05) is 30.3 Å². The van der Waals surface area contributed by atoms with Crippen LogP contribution >= 0.6 is 54.8 Å². The van der Waals surface area contributed by atoms with Crippen LogP contribution in [-0.2, 0) is 6.42 Å². The van der Waals surface area contributed by atoms with Gasteiger partial charge < -0.3 is 0 Å². The number of benzene rings is 2. The molecule has 2 aromatic carbocycles. The molecular weight excluding hydrogens is 422 g/mol. The van der Waals surface area contributed by atoms with Crippen LogP contribution in [0.25, 0.3) is 10.2 Å². The quantitative estimate of drug-likeness (QED) is 0.438. The van der Waals surface area contributed by atoms with E-state index in [4.69, 9.17) is 11.6 Å². The minimum Gasteiger partial charge on any atom is -0.241 e. The van der Waals surface area contributed by atoms with E-state index in [1.165, 1.54) is 10.3 Å². The van der Waals surface area contributed by atoms with Crippen LogP contribution in [0.3, 0.4) is 0 Å². The number of thiazole rings is 1. The van der Waals surface area contributed by atoms with Crippen LogP contribution in [0.15, 0.2) is 46.9 Å². The van der Waals surface area contributed by atoms with E-state index < -0.39 is 0 Å². The fourth-order valence-corrected chi connectivity index (χ4v) is 5.23. The van der Waals surface area contributed by atoms with Gasteiger partial charge >= 0.3 is 0 Å². The zero-order chi connectivity index (χ0) is 14.1. The number of hydrogen-bond donors (Lipinski definition) is 0. The Bertz CT molecular complexity index is 723. The molecule has 0 amide bonds. The molecule has 1 unspecified atom stereocenters. The highest BCUT2D eigenvalue weighted by Gasteiger charge is 2.14. The number of para-hydroxylation sites is 1. The average Bonchev–Trinajstić information content (AvgIpc) is 2.80. The van der Waals surface area contributed by atoms with Crippen molar-refractivity contribution in [1.29, 1.82) is 0 Å². The van der Waals surface area contributed by atoms with E-state index in [2.05, 4.69) is 49.0 Å². The van der Waals surface area contributed by atoms with Crippen LogP contribution in [0.4, 0.5) is 0 Å². The molecule has 1 heterocycles. The van der Waals surface area contributed by atoms with Gasteiger partial charge in [-0.25, -0.2) is 4.98 Å². The first-order valence-electron chi connectivity index (χ1n) is 6.07. The number of nitrogens with zero attached hydrogens (tertiary/aromatic N) is 1. The van der Waals surface area contributed by atoms with Crippen molar-refractivity contribution in [3.8, 4) is 0 Å². The molecule has 0 fully saturated rings. The normalized spacial score (nSPS) is 12.8. The number of aromatic nitrogens is 1. The molecule has 0 saturated heterocycles. The lowest BCUT2D eigenvalue weighted by molar-refractivity contribution is 0.933. The summed E-state index contributed by atoms with van der Waals surface area (Å²) in [5.41, 5.74) is 2.26. The predicted octanol–water partition coefficient (Wildman–Crippen LogP) is 6.39. The molecule has 102 valence electrons. The summed E-state index contributed by atoms with van der Waals surface area (Å²) >= 11 is 15.0. The lowest BCUT2D eigenvalue weighted by atomic mass is 10.1. The third-order valence-corrected chi connectivity index (χ3v) is 5.79. The summed E-state index contributed by atoms with van der Waals surface area (Å²) in [4.78, 5) is 4.89. The first kappa shape index (κ1) is 14.5. The molecule has 1 atom stereocenters. The van der Waals surface area contributed by atoms with Crippen molar-refractivity contribution in [3.05, 3.63) is 62.5 Å². The van der Waals surface area contributed by atoms with Crippen LogP contribution < -0.4 is 0 Å². The molecule has 0 radical (unpaired) electrons. The van der Waals surface area contributed by atoms with Crippen LogP contribution in [0, 0.1) is 0 Å². The van der Waals surface area contributed by atoms with Gasteiger partial charge in [0.05, 0.1) is 15.2 Å². The number of halogens is 3. The maximum absolute atomic E-state index is 5.98. The molecule has 20 heavy (non-hydrogen) atoms. The molecule has 0 aliphatic rings. The smallest absolute Gasteiger partial charge is 0.0953 e. The number of hydrogen-bond acceptors (Lipinski definition) is 2. The lowest BCUT2D eigenvalue weighted by Gasteiger charge is -2.10. The summed E-state index contributed by atoms with van der Waals surface area (Å²) in [6.07, 6.45) is 0.861. The van der Waals surface area contributed by atoms with E-state index in [-0.39, 0.29) is 4.83 Å². The Morgan fingerprint density at radius 3 is 2.75 bits per heavy atom. The summed E-state index contributed by atoms with van der Waals surface area (Å²) in [7, 11) is 0. The third-order valence-electron chi connectivity index (χ3n) is 2.99. The highest BCUT2D eigenvalue weighted by atomic mass is 79.9. The second-order valence-corrected chi connectivity index (χ2v) is 7.92. The zero-order valence-corrected chi connectivity index (χ0v) is 15.1. The van der Waals surface area contributed by atoms with Gasteiger partial charge in [0.15, 0.2) is 0 Å². The Balaban J connectivity index is 1.86. The Morgan fingerprint density at radius 2 is 2.00 bits per heavy atom. The minimum absolute atomic E-state index is 0.217. The Labute approximate surface area is 143 Å². The molecule has 0 saturated carbocycles. The summed E-state index contributed by atoms with van der Waals surface area (Å²) in [5.74, 6) is 0. The summed E-state index contributed by atoms with van der Waals surface area (Å²) in [5, 5.41) is 1.87. The Morgan fingerprint density at radius 1 is 1.20 bits per heavy atom. The van der Waals surface area contributed by atoms with E-state index in [1.54, 1.807) is 11.3 Å². The van der Waals surface area contributed by atoms with E-state index in [9.17, 15) is 0 Å². The second-order valence-electron chi connectivity index (χ2n) is 4.41. The first-order valence-corrected chi connectivity index (χ1v) is 8.97. The lowest BCUT2D eigenvalue weighted by Crippen LogP contribution is -1.96. The summed E-state index contributed by atoms with van der Waals surface area (Å²) < 4.78 is 2.25. The van der Waals surface area contributed by atoms with Crippen LogP contribution in [0.2, 0.25) is 5.02 Å². The van der Waals surface area contributed by atoms with Gasteiger partial charge in [-0.15, -0.1) is 11.3 Å². The molecular formula is C15H10Br2ClNS. The van der Waals surface area contributed by atoms with Gasteiger partial charge in [0, 0.05) is 20.7 Å². The van der Waals surface area contributed by atoms with Crippen molar-refractivity contribution in [3.63, 3.8) is 0 Å². The van der Waals surface area contributed by atoms with Gasteiger partial charge in [0.1, 0.15) is 0 Å². The molecule has 0 aliphatic carbocycles. The zero-order valence-electron chi connectivity index (χ0n) is 10.3. The maximum Gasteiger partial charge on any atom is 0.0953 e. The van der Waals surface area contributed by atoms with Gasteiger partial charge in [0.2, 0.25) is 0 Å². The van der Waals surface area contributed by atoms with Gasteiger partial charge in [-0.05, 0) is 29.8 Å². The number of fused-ring (bicyclic) bond motifs is 1. The number of rotatable bonds is 3. The topological polar surface area (TPSA) is 12.9 Å². The highest BCUT2D eigenvalue weighted by molar-refractivity contribution is 9.11. The molecule has 1 aromatic heterocycles. The molecule has 3 aromatic rings. The summed E-state index contributed by atoms with van der Waals surface area (Å²) in [6.45, 7) is 0. The van der Waals surface area contributed by atoms with Crippen LogP contribution in [-0.4, -0.2) is 4.98 Å².